The third-order valence-corrected chi connectivity index (χ3v) is 3.04. The molecule has 0 unspecified atom stereocenters. The molecular weight excluding hydrogens is 346 g/mol. The molecule has 0 aliphatic rings. The third-order valence-electron chi connectivity index (χ3n) is 2.45. The first-order valence-electron chi connectivity index (χ1n) is 6.02. The maximum Gasteiger partial charge on any atom is 0.175 e. The number of methoxy groups -OCH3 is 2. The number of benzene rings is 1. The van der Waals surface area contributed by atoms with Crippen molar-refractivity contribution in [1.29, 1.82) is 0 Å². The molecule has 0 amide bonds. The van der Waals surface area contributed by atoms with Gasteiger partial charge in [-0.2, -0.15) is 0 Å². The summed E-state index contributed by atoms with van der Waals surface area (Å²) in [6.45, 7) is 6.33. The Morgan fingerprint density at radius 1 is 1.35 bits per heavy atom. The summed E-state index contributed by atoms with van der Waals surface area (Å²) < 4.78 is 16.8. The van der Waals surface area contributed by atoms with Crippen molar-refractivity contribution in [2.45, 2.75) is 6.54 Å². The molecule has 20 heavy (non-hydrogen) atoms. The van der Waals surface area contributed by atoms with Crippen LogP contribution in [-0.4, -0.2) is 34.0 Å². The average molecular weight is 366 g/mol. The molecule has 4 nitrogen and oxygen atoms in total. The van der Waals surface area contributed by atoms with Gasteiger partial charge in [0.25, 0.3) is 0 Å². The molecule has 114 valence electrons. The fourth-order valence-electron chi connectivity index (χ4n) is 1.56. The van der Waals surface area contributed by atoms with Gasteiger partial charge in [-0.25, -0.2) is 0 Å². The van der Waals surface area contributed by atoms with Crippen LogP contribution in [0.15, 0.2) is 29.3 Å². The highest BCUT2D eigenvalue weighted by atomic mass is 79.9. The van der Waals surface area contributed by atoms with Crippen LogP contribution in [0.1, 0.15) is 5.56 Å². The van der Waals surface area contributed by atoms with Crippen LogP contribution < -0.4 is 27.2 Å². The van der Waals surface area contributed by atoms with Crippen molar-refractivity contribution in [3.8, 4) is 11.5 Å². The number of halogens is 2. The van der Waals surface area contributed by atoms with Gasteiger partial charge < -0.3 is 31.9 Å². The molecule has 1 aromatic carbocycles. The van der Waals surface area contributed by atoms with Gasteiger partial charge in [0.15, 0.2) is 11.5 Å². The molecule has 0 bridgehead atoms. The molecule has 0 spiro atoms. The zero-order valence-electron chi connectivity index (χ0n) is 11.7. The Balaban J connectivity index is 0.00000361. The summed E-state index contributed by atoms with van der Waals surface area (Å²) in [4.78, 5) is 0. The normalized spacial score (nSPS) is 9.75. The number of hydrogen-bond acceptors (Lipinski definition) is 4. The van der Waals surface area contributed by atoms with Crippen molar-refractivity contribution >= 4 is 15.9 Å². The summed E-state index contributed by atoms with van der Waals surface area (Å²) in [5.41, 5.74) is 1.12. The molecule has 0 saturated heterocycles. The Hall–Kier alpha value is -0.750. The van der Waals surface area contributed by atoms with E-state index in [1.54, 1.807) is 20.3 Å². The van der Waals surface area contributed by atoms with E-state index in [9.17, 15) is 0 Å². The molecule has 0 saturated carbocycles. The van der Waals surface area contributed by atoms with Crippen LogP contribution in [0, 0.1) is 0 Å². The van der Waals surface area contributed by atoms with Gasteiger partial charge in [0.2, 0.25) is 0 Å². The Morgan fingerprint density at radius 3 is 2.70 bits per heavy atom. The SMILES string of the molecule is C=CCOc1c(Br)cc(CNCCOC)cc1OC.[Cl-]. The highest BCUT2D eigenvalue weighted by molar-refractivity contribution is 9.10. The van der Waals surface area contributed by atoms with Crippen LogP contribution >= 0.6 is 15.9 Å². The molecule has 0 aliphatic heterocycles. The van der Waals surface area contributed by atoms with Gasteiger partial charge in [-0.05, 0) is 33.6 Å². The summed E-state index contributed by atoms with van der Waals surface area (Å²) in [5, 5.41) is 3.29. The van der Waals surface area contributed by atoms with Crippen molar-refractivity contribution in [2.75, 3.05) is 34.0 Å². The van der Waals surface area contributed by atoms with E-state index in [1.165, 1.54) is 0 Å². The average Bonchev–Trinajstić information content (AvgIpc) is 2.42. The standard InChI is InChI=1S/C14H20BrNO3.ClH/c1-4-6-19-14-12(15)8-11(9-13(14)18-3)10-16-5-7-17-2;/h4,8-9,16H,1,5-7,10H2,2-3H3;1H/p-1. The van der Waals surface area contributed by atoms with Gasteiger partial charge in [-0.15, -0.1) is 0 Å². The number of rotatable bonds is 9. The van der Waals surface area contributed by atoms with Gasteiger partial charge in [-0.1, -0.05) is 12.7 Å². The smallest absolute Gasteiger partial charge is 0.175 e. The summed E-state index contributed by atoms with van der Waals surface area (Å²) in [7, 11) is 3.32. The molecule has 0 aliphatic carbocycles. The maximum atomic E-state index is 5.58. The summed E-state index contributed by atoms with van der Waals surface area (Å²) in [5.74, 6) is 1.41. The first kappa shape index (κ1) is 19.2. The van der Waals surface area contributed by atoms with Crippen LogP contribution in [0.5, 0.6) is 11.5 Å². The van der Waals surface area contributed by atoms with Gasteiger partial charge in [0, 0.05) is 20.2 Å². The quantitative estimate of drug-likeness (QED) is 0.484. The van der Waals surface area contributed by atoms with Gasteiger partial charge >= 0.3 is 0 Å². The minimum atomic E-state index is 0. The highest BCUT2D eigenvalue weighted by Gasteiger charge is 2.11. The molecule has 6 heteroatoms. The van der Waals surface area contributed by atoms with E-state index in [4.69, 9.17) is 14.2 Å². The summed E-state index contributed by atoms with van der Waals surface area (Å²) in [6, 6.07) is 3.98. The van der Waals surface area contributed by atoms with Crippen molar-refractivity contribution < 1.29 is 26.6 Å². The van der Waals surface area contributed by atoms with E-state index in [-0.39, 0.29) is 12.4 Å². The summed E-state index contributed by atoms with van der Waals surface area (Å²) in [6.07, 6.45) is 1.70. The molecule has 1 N–H and O–H groups in total. The molecule has 0 aromatic heterocycles. The monoisotopic (exact) mass is 364 g/mol. The number of hydrogen-bond donors (Lipinski definition) is 1. The lowest BCUT2D eigenvalue weighted by Gasteiger charge is -2.13. The third kappa shape index (κ3) is 6.13. The predicted octanol–water partition coefficient (Wildman–Crippen LogP) is -0.237. The number of ether oxygens (including phenoxy) is 3. The van der Waals surface area contributed by atoms with E-state index in [1.807, 2.05) is 12.1 Å². The zero-order valence-corrected chi connectivity index (χ0v) is 14.1. The second-order valence-corrected chi connectivity index (χ2v) is 4.73. The van der Waals surface area contributed by atoms with E-state index in [0.29, 0.717) is 24.7 Å². The van der Waals surface area contributed by atoms with Crippen LogP contribution in [0.2, 0.25) is 0 Å². The fourth-order valence-corrected chi connectivity index (χ4v) is 2.17. The first-order chi connectivity index (χ1) is 9.22. The molecule has 1 rings (SSSR count). The van der Waals surface area contributed by atoms with Gasteiger partial charge in [0.1, 0.15) is 6.61 Å². The maximum absolute atomic E-state index is 5.58. The molecule has 0 atom stereocenters. The molecule has 0 radical (unpaired) electrons. The van der Waals surface area contributed by atoms with Crippen molar-refractivity contribution in [2.24, 2.45) is 0 Å². The Labute approximate surface area is 135 Å². The largest absolute Gasteiger partial charge is 1.00 e. The highest BCUT2D eigenvalue weighted by Crippen LogP contribution is 2.36. The lowest BCUT2D eigenvalue weighted by molar-refractivity contribution is -0.00000480. The van der Waals surface area contributed by atoms with Crippen molar-refractivity contribution in [1.82, 2.24) is 5.32 Å². The van der Waals surface area contributed by atoms with Crippen LogP contribution in [-0.2, 0) is 11.3 Å². The molecule has 0 heterocycles. The van der Waals surface area contributed by atoms with E-state index >= 15 is 0 Å². The molecule has 0 fully saturated rings. The van der Waals surface area contributed by atoms with Crippen LogP contribution in [0.25, 0.3) is 0 Å². The van der Waals surface area contributed by atoms with E-state index in [0.717, 1.165) is 23.1 Å². The lowest BCUT2D eigenvalue weighted by Crippen LogP contribution is -3.00. The zero-order chi connectivity index (χ0) is 14.1. The lowest BCUT2D eigenvalue weighted by atomic mass is 10.2. The minimum absolute atomic E-state index is 0. The second-order valence-electron chi connectivity index (χ2n) is 3.88. The summed E-state index contributed by atoms with van der Waals surface area (Å²) >= 11 is 3.50. The van der Waals surface area contributed by atoms with Crippen LogP contribution in [0.3, 0.4) is 0 Å². The topological polar surface area (TPSA) is 39.7 Å². The fraction of sp³-hybridized carbons (Fsp3) is 0.429. The van der Waals surface area contributed by atoms with Gasteiger partial charge in [0.05, 0.1) is 18.2 Å². The second kappa shape index (κ2) is 11.0. The Kier molecular flexibility index (Phi) is 10.6. The predicted molar refractivity (Wildman–Crippen MR) is 80.0 cm³/mol. The molecule has 1 aromatic rings. The Morgan fingerprint density at radius 2 is 2.10 bits per heavy atom. The minimum Gasteiger partial charge on any atom is -1.00 e. The molecular formula is C14H20BrClNO3-. The van der Waals surface area contributed by atoms with Crippen LogP contribution in [0.4, 0.5) is 0 Å². The van der Waals surface area contributed by atoms with Crippen molar-refractivity contribution in [3.05, 3.63) is 34.8 Å². The van der Waals surface area contributed by atoms with E-state index < -0.39 is 0 Å². The number of nitrogens with one attached hydrogen (secondary N) is 1. The van der Waals surface area contributed by atoms with E-state index in [2.05, 4.69) is 27.8 Å². The Bertz CT molecular complexity index is 416. The van der Waals surface area contributed by atoms with Crippen molar-refractivity contribution in [3.63, 3.8) is 0 Å². The first-order valence-corrected chi connectivity index (χ1v) is 6.82. The van der Waals surface area contributed by atoms with Gasteiger partial charge in [-0.3, -0.25) is 0 Å².